The number of halogens is 3. The van der Waals surface area contributed by atoms with E-state index in [9.17, 15) is 23.4 Å². The molecule has 3 nitrogen and oxygen atoms in total. The second kappa shape index (κ2) is 5.16. The fourth-order valence-electron chi connectivity index (χ4n) is 1.33. The summed E-state index contributed by atoms with van der Waals surface area (Å²) in [6.07, 6.45) is -7.02. The lowest BCUT2D eigenvalue weighted by Crippen LogP contribution is -2.21. The topological polar surface area (TPSA) is 66.5 Å². The molecule has 0 spiro atoms. The molecule has 7 heteroatoms. The van der Waals surface area contributed by atoms with Gasteiger partial charge in [-0.2, -0.15) is 25.8 Å². The summed E-state index contributed by atoms with van der Waals surface area (Å²) in [4.78, 5) is 0. The predicted octanol–water partition coefficient (Wildman–Crippen LogP) is 1.61. The Kier molecular flexibility index (Phi) is 4.29. The van der Waals surface area contributed by atoms with E-state index in [2.05, 4.69) is 12.6 Å². The van der Waals surface area contributed by atoms with Crippen LogP contribution in [-0.4, -0.2) is 22.1 Å². The molecule has 1 aromatic rings. The molecule has 17 heavy (non-hydrogen) atoms. The van der Waals surface area contributed by atoms with Crippen LogP contribution in [0.15, 0.2) is 18.2 Å². The molecule has 0 saturated heterocycles. The summed E-state index contributed by atoms with van der Waals surface area (Å²) in [6, 6.07) is 2.58. The molecule has 0 fully saturated rings. The normalized spacial score (nSPS) is 15.6. The van der Waals surface area contributed by atoms with Crippen LogP contribution in [0.2, 0.25) is 0 Å². The molecule has 0 bridgehead atoms. The number of nitrogen functional groups attached to an aromatic ring is 1. The van der Waals surface area contributed by atoms with Gasteiger partial charge in [0, 0.05) is 17.0 Å². The largest absolute Gasteiger partial charge is 0.416 e. The van der Waals surface area contributed by atoms with Gasteiger partial charge in [0.1, 0.15) is 6.10 Å². The van der Waals surface area contributed by atoms with E-state index < -0.39 is 23.9 Å². The minimum absolute atomic E-state index is 0.0262. The summed E-state index contributed by atoms with van der Waals surface area (Å²) in [5.41, 5.74) is 4.36. The van der Waals surface area contributed by atoms with Gasteiger partial charge in [-0.25, -0.2) is 0 Å². The summed E-state index contributed by atoms with van der Waals surface area (Å²) in [5.74, 6) is -0.0262. The summed E-state index contributed by atoms with van der Waals surface area (Å²) in [7, 11) is 0. The maximum atomic E-state index is 12.3. The fraction of sp³-hybridized carbons (Fsp3) is 0.400. The molecule has 0 aromatic heterocycles. The monoisotopic (exact) mass is 267 g/mol. The van der Waals surface area contributed by atoms with Crippen molar-refractivity contribution in [2.45, 2.75) is 18.4 Å². The Morgan fingerprint density at radius 2 is 1.88 bits per heavy atom. The third kappa shape index (κ3) is 3.27. The molecule has 0 aliphatic rings. The van der Waals surface area contributed by atoms with Crippen molar-refractivity contribution in [3.8, 4) is 0 Å². The predicted molar refractivity (Wildman–Crippen MR) is 60.7 cm³/mol. The van der Waals surface area contributed by atoms with Gasteiger partial charge in [-0.05, 0) is 12.1 Å². The van der Waals surface area contributed by atoms with Crippen LogP contribution >= 0.6 is 12.6 Å². The highest BCUT2D eigenvalue weighted by atomic mass is 32.1. The second-order valence-corrected chi connectivity index (χ2v) is 3.90. The first-order valence-electron chi connectivity index (χ1n) is 4.71. The van der Waals surface area contributed by atoms with E-state index in [4.69, 9.17) is 5.73 Å². The summed E-state index contributed by atoms with van der Waals surface area (Å²) >= 11 is 3.77. The van der Waals surface area contributed by atoms with Crippen LogP contribution in [0.3, 0.4) is 0 Å². The Balaban J connectivity index is 3.06. The molecule has 96 valence electrons. The number of nitrogens with two attached hydrogens (primary N) is 1. The molecule has 0 aliphatic carbocycles. The Bertz CT molecular complexity index is 398. The van der Waals surface area contributed by atoms with Crippen molar-refractivity contribution in [1.29, 1.82) is 0 Å². The number of hydrogen-bond acceptors (Lipinski definition) is 4. The zero-order valence-electron chi connectivity index (χ0n) is 8.65. The van der Waals surface area contributed by atoms with E-state index in [0.29, 0.717) is 0 Å². The Morgan fingerprint density at radius 1 is 1.29 bits per heavy atom. The number of alkyl halides is 3. The molecule has 0 radical (unpaired) electrons. The molecule has 2 unspecified atom stereocenters. The standard InChI is InChI=1S/C10H12F3NO2S/c11-10(12,13)5-1-2-6(7(14)3-5)9(16)8(15)4-17/h1-3,8-9,15-17H,4,14H2. The van der Waals surface area contributed by atoms with E-state index in [1.165, 1.54) is 0 Å². The van der Waals surface area contributed by atoms with Crippen molar-refractivity contribution in [3.63, 3.8) is 0 Å². The highest BCUT2D eigenvalue weighted by Gasteiger charge is 2.31. The fourth-order valence-corrected chi connectivity index (χ4v) is 1.53. The summed E-state index contributed by atoms with van der Waals surface area (Å²) in [6.45, 7) is 0. The Hall–Kier alpha value is -0.920. The van der Waals surface area contributed by atoms with Gasteiger partial charge < -0.3 is 15.9 Å². The molecule has 1 aromatic carbocycles. The molecule has 0 amide bonds. The van der Waals surface area contributed by atoms with Crippen LogP contribution in [-0.2, 0) is 6.18 Å². The van der Waals surface area contributed by atoms with Crippen molar-refractivity contribution < 1.29 is 23.4 Å². The van der Waals surface area contributed by atoms with Gasteiger partial charge >= 0.3 is 6.18 Å². The van der Waals surface area contributed by atoms with Crippen molar-refractivity contribution in [2.75, 3.05) is 11.5 Å². The van der Waals surface area contributed by atoms with E-state index >= 15 is 0 Å². The molecule has 4 N–H and O–H groups in total. The molecule has 0 aliphatic heterocycles. The quantitative estimate of drug-likeness (QED) is 0.497. The van der Waals surface area contributed by atoms with Gasteiger partial charge in [-0.3, -0.25) is 0 Å². The minimum Gasteiger partial charge on any atom is -0.398 e. The van der Waals surface area contributed by atoms with Crippen molar-refractivity contribution in [1.82, 2.24) is 0 Å². The van der Waals surface area contributed by atoms with Crippen molar-refractivity contribution in [2.24, 2.45) is 0 Å². The summed E-state index contributed by atoms with van der Waals surface area (Å²) < 4.78 is 37.0. The van der Waals surface area contributed by atoms with Crippen LogP contribution in [0.4, 0.5) is 18.9 Å². The highest BCUT2D eigenvalue weighted by molar-refractivity contribution is 7.80. The lowest BCUT2D eigenvalue weighted by Gasteiger charge is -2.19. The first-order chi connectivity index (χ1) is 7.77. The van der Waals surface area contributed by atoms with Crippen LogP contribution in [0.1, 0.15) is 17.2 Å². The number of thiol groups is 1. The maximum absolute atomic E-state index is 12.3. The zero-order valence-corrected chi connectivity index (χ0v) is 9.54. The Labute approximate surface area is 101 Å². The number of anilines is 1. The molecule has 0 saturated carbocycles. The second-order valence-electron chi connectivity index (χ2n) is 3.54. The van der Waals surface area contributed by atoms with Crippen LogP contribution < -0.4 is 5.73 Å². The smallest absolute Gasteiger partial charge is 0.398 e. The number of rotatable bonds is 3. The molecular weight excluding hydrogens is 255 g/mol. The molecule has 0 heterocycles. The van der Waals surface area contributed by atoms with Crippen LogP contribution in [0.5, 0.6) is 0 Å². The molecule has 2 atom stereocenters. The SMILES string of the molecule is Nc1cc(C(F)(F)F)ccc1C(O)C(O)CS. The van der Waals surface area contributed by atoms with E-state index in [1.54, 1.807) is 0 Å². The third-order valence-corrected chi connectivity index (χ3v) is 2.66. The van der Waals surface area contributed by atoms with Gasteiger partial charge in [0.2, 0.25) is 0 Å². The number of aliphatic hydroxyl groups excluding tert-OH is 2. The lowest BCUT2D eigenvalue weighted by atomic mass is 10.0. The average molecular weight is 267 g/mol. The minimum atomic E-state index is -4.49. The zero-order chi connectivity index (χ0) is 13.2. The maximum Gasteiger partial charge on any atom is 0.416 e. The summed E-state index contributed by atoms with van der Waals surface area (Å²) in [5, 5.41) is 18.9. The molecular formula is C10H12F3NO2S. The highest BCUT2D eigenvalue weighted by Crippen LogP contribution is 2.33. The molecule has 1 rings (SSSR count). The average Bonchev–Trinajstić information content (AvgIpc) is 2.25. The van der Waals surface area contributed by atoms with Crippen molar-refractivity contribution in [3.05, 3.63) is 29.3 Å². The van der Waals surface area contributed by atoms with Crippen LogP contribution in [0, 0.1) is 0 Å². The van der Waals surface area contributed by atoms with E-state index in [0.717, 1.165) is 18.2 Å². The van der Waals surface area contributed by atoms with Gasteiger partial charge in [0.05, 0.1) is 11.7 Å². The first kappa shape index (κ1) is 14.1. The van der Waals surface area contributed by atoms with Gasteiger partial charge in [0.15, 0.2) is 0 Å². The van der Waals surface area contributed by atoms with Gasteiger partial charge in [-0.1, -0.05) is 6.07 Å². The number of benzene rings is 1. The third-order valence-electron chi connectivity index (χ3n) is 2.28. The first-order valence-corrected chi connectivity index (χ1v) is 5.34. The van der Waals surface area contributed by atoms with Crippen molar-refractivity contribution >= 4 is 18.3 Å². The van der Waals surface area contributed by atoms with Crippen LogP contribution in [0.25, 0.3) is 0 Å². The van der Waals surface area contributed by atoms with Gasteiger partial charge in [-0.15, -0.1) is 0 Å². The van der Waals surface area contributed by atoms with E-state index in [-0.39, 0.29) is 17.0 Å². The van der Waals surface area contributed by atoms with E-state index in [1.807, 2.05) is 0 Å². The lowest BCUT2D eigenvalue weighted by molar-refractivity contribution is -0.137. The van der Waals surface area contributed by atoms with Gasteiger partial charge in [0.25, 0.3) is 0 Å². The number of aliphatic hydroxyl groups is 2. The number of hydrogen-bond donors (Lipinski definition) is 4. The Morgan fingerprint density at radius 3 is 2.29 bits per heavy atom.